The average molecular weight is 472 g/mol. The van der Waals surface area contributed by atoms with Crippen molar-refractivity contribution >= 4 is 40.3 Å². The predicted octanol–water partition coefficient (Wildman–Crippen LogP) is 2.48. The minimum atomic E-state index is -0.351. The summed E-state index contributed by atoms with van der Waals surface area (Å²) in [6.07, 6.45) is 0.148. The third-order valence-electron chi connectivity index (χ3n) is 5.76. The highest BCUT2D eigenvalue weighted by molar-refractivity contribution is 6.30. The number of methoxy groups -OCH3 is 1. The van der Waals surface area contributed by atoms with Gasteiger partial charge in [-0.15, -0.1) is 5.10 Å². The van der Waals surface area contributed by atoms with Gasteiger partial charge in [0, 0.05) is 37.7 Å². The molecule has 33 heavy (non-hydrogen) atoms. The Kier molecular flexibility index (Phi) is 6.64. The van der Waals surface area contributed by atoms with Crippen LogP contribution < -0.4 is 10.2 Å². The van der Waals surface area contributed by atoms with Crippen LogP contribution in [0.1, 0.15) is 17.8 Å². The third kappa shape index (κ3) is 4.70. The van der Waals surface area contributed by atoms with E-state index in [1.165, 1.54) is 7.11 Å². The molecule has 2 amide bonds. The Labute approximate surface area is 196 Å². The summed E-state index contributed by atoms with van der Waals surface area (Å²) in [6, 6.07) is 7.33. The summed E-state index contributed by atoms with van der Waals surface area (Å²) in [5.41, 5.74) is 3.48. The highest BCUT2D eigenvalue weighted by atomic mass is 35.5. The molecule has 1 fully saturated rings. The molecule has 1 saturated heterocycles. The van der Waals surface area contributed by atoms with Gasteiger partial charge in [-0.25, -0.2) is 9.48 Å². The number of rotatable bonds is 5. The van der Waals surface area contributed by atoms with Crippen molar-refractivity contribution in [3.8, 4) is 5.69 Å². The molecule has 0 atom stereocenters. The molecule has 0 radical (unpaired) electrons. The van der Waals surface area contributed by atoms with Gasteiger partial charge in [-0.2, -0.15) is 10.2 Å². The highest BCUT2D eigenvalue weighted by Crippen LogP contribution is 2.30. The molecular formula is C22H26ClN7O3. The van der Waals surface area contributed by atoms with Crippen molar-refractivity contribution in [3.63, 3.8) is 0 Å². The number of anilines is 1. The first-order chi connectivity index (χ1) is 15.9. The molecular weight excluding hydrogens is 446 g/mol. The number of esters is 1. The van der Waals surface area contributed by atoms with Gasteiger partial charge in [0.2, 0.25) is 0 Å². The van der Waals surface area contributed by atoms with Crippen molar-refractivity contribution in [1.82, 2.24) is 30.2 Å². The third-order valence-corrected chi connectivity index (χ3v) is 6.01. The number of aryl methyl sites for hydroxylation is 2. The number of carbonyl (C=O) groups is 2. The number of aromatic nitrogens is 4. The monoisotopic (exact) mass is 471 g/mol. The number of urea groups is 1. The first-order valence-corrected chi connectivity index (χ1v) is 11.1. The van der Waals surface area contributed by atoms with E-state index in [1.807, 2.05) is 42.8 Å². The lowest BCUT2D eigenvalue weighted by Gasteiger charge is -2.35. The zero-order valence-electron chi connectivity index (χ0n) is 18.8. The molecule has 4 rings (SSSR count). The van der Waals surface area contributed by atoms with Crippen LogP contribution in [0.5, 0.6) is 0 Å². The van der Waals surface area contributed by atoms with Gasteiger partial charge in [0.1, 0.15) is 5.52 Å². The standard InChI is InChI=1S/C22H26ClN7O3/c1-14-19-15(2)30(17-6-4-16(23)5-7-17)27-20(19)21(26-25-14)28-10-12-29(13-11-28)22(32)24-9-8-18(31)33-3/h4-7H,8-13H2,1-3H3,(H,24,32). The summed E-state index contributed by atoms with van der Waals surface area (Å²) in [4.78, 5) is 27.4. The molecule has 0 spiro atoms. The lowest BCUT2D eigenvalue weighted by Crippen LogP contribution is -2.52. The molecule has 0 unspecified atom stereocenters. The summed E-state index contributed by atoms with van der Waals surface area (Å²) in [6.45, 7) is 6.44. The molecule has 1 N–H and O–H groups in total. The fourth-order valence-corrected chi connectivity index (χ4v) is 4.09. The average Bonchev–Trinajstić information content (AvgIpc) is 3.17. The fraction of sp³-hybridized carbons (Fsp3) is 0.409. The second kappa shape index (κ2) is 9.62. The smallest absolute Gasteiger partial charge is 0.317 e. The number of hydrogen-bond donors (Lipinski definition) is 1. The van der Waals surface area contributed by atoms with Crippen LogP contribution in [0.15, 0.2) is 24.3 Å². The summed E-state index contributed by atoms with van der Waals surface area (Å²) in [5.74, 6) is 0.354. The van der Waals surface area contributed by atoms with E-state index in [-0.39, 0.29) is 25.0 Å². The number of nitrogens with zero attached hydrogens (tertiary/aromatic N) is 6. The van der Waals surface area contributed by atoms with Gasteiger partial charge in [-0.3, -0.25) is 4.79 Å². The van der Waals surface area contributed by atoms with E-state index < -0.39 is 0 Å². The maximum Gasteiger partial charge on any atom is 0.317 e. The Balaban J connectivity index is 1.51. The lowest BCUT2D eigenvalue weighted by molar-refractivity contribution is -0.140. The Morgan fingerprint density at radius 2 is 1.79 bits per heavy atom. The topological polar surface area (TPSA) is 105 Å². The second-order valence-corrected chi connectivity index (χ2v) is 8.27. The number of benzene rings is 1. The number of hydrogen-bond acceptors (Lipinski definition) is 7. The van der Waals surface area contributed by atoms with Gasteiger partial charge >= 0.3 is 12.0 Å². The summed E-state index contributed by atoms with van der Waals surface area (Å²) in [7, 11) is 1.33. The lowest BCUT2D eigenvalue weighted by atomic mass is 10.2. The number of fused-ring (bicyclic) bond motifs is 1. The second-order valence-electron chi connectivity index (χ2n) is 7.84. The van der Waals surface area contributed by atoms with E-state index in [4.69, 9.17) is 16.7 Å². The van der Waals surface area contributed by atoms with Crippen LogP contribution in [-0.2, 0) is 9.53 Å². The van der Waals surface area contributed by atoms with Crippen LogP contribution in [0.3, 0.4) is 0 Å². The van der Waals surface area contributed by atoms with Crippen molar-refractivity contribution in [2.45, 2.75) is 20.3 Å². The Morgan fingerprint density at radius 1 is 1.09 bits per heavy atom. The Hall–Kier alpha value is -3.40. The SMILES string of the molecule is COC(=O)CCNC(=O)N1CCN(c2nnc(C)c3c(C)n(-c4ccc(Cl)cc4)nc23)CC1. The Morgan fingerprint density at radius 3 is 2.45 bits per heavy atom. The molecule has 3 heterocycles. The van der Waals surface area contributed by atoms with Crippen molar-refractivity contribution in [3.05, 3.63) is 40.7 Å². The minimum Gasteiger partial charge on any atom is -0.469 e. The van der Waals surface area contributed by atoms with Crippen LogP contribution in [0, 0.1) is 13.8 Å². The van der Waals surface area contributed by atoms with Gasteiger partial charge in [0.05, 0.1) is 36.0 Å². The summed E-state index contributed by atoms with van der Waals surface area (Å²) < 4.78 is 6.47. The summed E-state index contributed by atoms with van der Waals surface area (Å²) >= 11 is 6.04. The quantitative estimate of drug-likeness (QED) is 0.570. The summed E-state index contributed by atoms with van der Waals surface area (Å²) in [5, 5.41) is 18.1. The first-order valence-electron chi connectivity index (χ1n) is 10.7. The zero-order chi connectivity index (χ0) is 23.5. The maximum atomic E-state index is 12.4. The van der Waals surface area contributed by atoms with E-state index in [0.717, 1.165) is 28.0 Å². The number of ether oxygens (including phenoxy) is 1. The Bertz CT molecular complexity index is 1170. The number of halogens is 1. The van der Waals surface area contributed by atoms with Crippen LogP contribution in [0.2, 0.25) is 5.02 Å². The first kappa shape index (κ1) is 22.8. The van der Waals surface area contributed by atoms with Crippen LogP contribution >= 0.6 is 11.6 Å². The van der Waals surface area contributed by atoms with E-state index in [0.29, 0.717) is 37.0 Å². The van der Waals surface area contributed by atoms with Crippen LogP contribution in [0.4, 0.5) is 10.6 Å². The van der Waals surface area contributed by atoms with Gasteiger partial charge in [-0.05, 0) is 38.1 Å². The maximum absolute atomic E-state index is 12.4. The minimum absolute atomic E-state index is 0.148. The normalized spacial score (nSPS) is 13.9. The fourth-order valence-electron chi connectivity index (χ4n) is 3.97. The molecule has 0 aliphatic carbocycles. The number of nitrogens with one attached hydrogen (secondary N) is 1. The van der Waals surface area contributed by atoms with Crippen molar-refractivity contribution in [1.29, 1.82) is 0 Å². The number of carbonyl (C=O) groups excluding carboxylic acids is 2. The molecule has 0 saturated carbocycles. The molecule has 174 valence electrons. The molecule has 11 heteroatoms. The van der Waals surface area contributed by atoms with E-state index in [2.05, 4.69) is 25.2 Å². The predicted molar refractivity (Wildman–Crippen MR) is 125 cm³/mol. The van der Waals surface area contributed by atoms with E-state index >= 15 is 0 Å². The molecule has 1 aliphatic heterocycles. The van der Waals surface area contributed by atoms with Crippen molar-refractivity contribution < 1.29 is 14.3 Å². The molecule has 1 aromatic carbocycles. The van der Waals surface area contributed by atoms with E-state index in [9.17, 15) is 9.59 Å². The van der Waals surface area contributed by atoms with Gasteiger partial charge in [-0.1, -0.05) is 11.6 Å². The molecule has 0 bridgehead atoms. The zero-order valence-corrected chi connectivity index (χ0v) is 19.6. The van der Waals surface area contributed by atoms with Gasteiger partial charge in [0.25, 0.3) is 0 Å². The molecule has 2 aromatic heterocycles. The molecule has 10 nitrogen and oxygen atoms in total. The van der Waals surface area contributed by atoms with Gasteiger partial charge in [0.15, 0.2) is 5.82 Å². The van der Waals surface area contributed by atoms with Crippen molar-refractivity contribution in [2.75, 3.05) is 44.7 Å². The number of piperazine rings is 1. The van der Waals surface area contributed by atoms with Crippen LogP contribution in [-0.4, -0.2) is 76.7 Å². The highest BCUT2D eigenvalue weighted by Gasteiger charge is 2.26. The number of amides is 2. The van der Waals surface area contributed by atoms with Crippen molar-refractivity contribution in [2.24, 2.45) is 0 Å². The molecule has 1 aliphatic rings. The largest absolute Gasteiger partial charge is 0.469 e. The van der Waals surface area contributed by atoms with Crippen LogP contribution in [0.25, 0.3) is 16.6 Å². The molecule has 3 aromatic rings. The van der Waals surface area contributed by atoms with Gasteiger partial charge < -0.3 is 19.9 Å². The van der Waals surface area contributed by atoms with E-state index in [1.54, 1.807) is 4.90 Å².